The van der Waals surface area contributed by atoms with Gasteiger partial charge in [0.25, 0.3) is 0 Å². The minimum Gasteiger partial charge on any atom is -0.377 e. The van der Waals surface area contributed by atoms with Gasteiger partial charge in [0.15, 0.2) is 0 Å². The zero-order valence-corrected chi connectivity index (χ0v) is 12.6. The van der Waals surface area contributed by atoms with Gasteiger partial charge in [-0.1, -0.05) is 25.4 Å². The van der Waals surface area contributed by atoms with E-state index >= 15 is 0 Å². The van der Waals surface area contributed by atoms with Gasteiger partial charge in [-0.2, -0.15) is 11.8 Å². The summed E-state index contributed by atoms with van der Waals surface area (Å²) in [6, 6.07) is 7.87. The van der Waals surface area contributed by atoms with E-state index in [1.807, 2.05) is 36.0 Å². The van der Waals surface area contributed by atoms with Crippen LogP contribution >= 0.6 is 23.4 Å². The van der Waals surface area contributed by atoms with Crippen LogP contribution in [0.15, 0.2) is 24.3 Å². The molecule has 4 heteroatoms. The van der Waals surface area contributed by atoms with Crippen molar-refractivity contribution >= 4 is 29.1 Å². The van der Waals surface area contributed by atoms with Crippen LogP contribution in [0.4, 0.5) is 5.69 Å². The van der Waals surface area contributed by atoms with Gasteiger partial charge in [-0.15, -0.1) is 0 Å². The maximum Gasteiger partial charge on any atom is 0.0636 e. The third-order valence-electron chi connectivity index (χ3n) is 4.09. The van der Waals surface area contributed by atoms with Gasteiger partial charge in [-0.3, -0.25) is 0 Å². The first kappa shape index (κ1) is 14.0. The van der Waals surface area contributed by atoms with Crippen molar-refractivity contribution in [2.45, 2.75) is 25.8 Å². The van der Waals surface area contributed by atoms with Crippen molar-refractivity contribution < 1.29 is 0 Å². The standard InChI is InChI=1S/C14H21ClN2S/c1-13(2)7-8-18-10-14(13,9-16)17-12-5-3-11(15)4-6-12/h3-6,17H,7-10,16H2,1-2H3. The van der Waals surface area contributed by atoms with E-state index in [0.29, 0.717) is 6.54 Å². The van der Waals surface area contributed by atoms with Gasteiger partial charge >= 0.3 is 0 Å². The maximum absolute atomic E-state index is 6.09. The normalized spacial score (nSPS) is 26.9. The van der Waals surface area contributed by atoms with Crippen LogP contribution in [0.25, 0.3) is 0 Å². The van der Waals surface area contributed by atoms with Crippen LogP contribution in [0.1, 0.15) is 20.3 Å². The molecular weight excluding hydrogens is 264 g/mol. The van der Waals surface area contributed by atoms with E-state index in [0.717, 1.165) is 16.5 Å². The van der Waals surface area contributed by atoms with Crippen molar-refractivity contribution in [1.29, 1.82) is 0 Å². The summed E-state index contributed by atoms with van der Waals surface area (Å²) in [5.41, 5.74) is 7.35. The molecule has 2 rings (SSSR count). The molecule has 100 valence electrons. The number of benzene rings is 1. The van der Waals surface area contributed by atoms with E-state index in [9.17, 15) is 0 Å². The summed E-state index contributed by atoms with van der Waals surface area (Å²) in [7, 11) is 0. The summed E-state index contributed by atoms with van der Waals surface area (Å²) in [6.45, 7) is 5.26. The van der Waals surface area contributed by atoms with Crippen molar-refractivity contribution in [3.8, 4) is 0 Å². The predicted octanol–water partition coefficient (Wildman–Crippen LogP) is 3.61. The van der Waals surface area contributed by atoms with Gasteiger partial charge in [-0.05, 0) is 41.9 Å². The maximum atomic E-state index is 6.09. The molecule has 1 aromatic carbocycles. The highest BCUT2D eigenvalue weighted by Gasteiger charge is 2.46. The van der Waals surface area contributed by atoms with Gasteiger partial charge in [0.05, 0.1) is 5.54 Å². The van der Waals surface area contributed by atoms with Crippen LogP contribution in [0.5, 0.6) is 0 Å². The molecule has 0 amide bonds. The molecule has 1 atom stereocenters. The summed E-state index contributed by atoms with van der Waals surface area (Å²) >= 11 is 7.91. The van der Waals surface area contributed by atoms with Crippen LogP contribution < -0.4 is 11.1 Å². The number of nitrogens with one attached hydrogen (secondary N) is 1. The largest absolute Gasteiger partial charge is 0.377 e. The number of rotatable bonds is 3. The van der Waals surface area contributed by atoms with Crippen molar-refractivity contribution in [3.05, 3.63) is 29.3 Å². The number of hydrogen-bond acceptors (Lipinski definition) is 3. The first-order valence-electron chi connectivity index (χ1n) is 6.31. The van der Waals surface area contributed by atoms with Crippen molar-refractivity contribution in [1.82, 2.24) is 0 Å². The van der Waals surface area contributed by atoms with Gasteiger partial charge in [0.1, 0.15) is 0 Å². The molecule has 1 aliphatic heterocycles. The Morgan fingerprint density at radius 3 is 2.56 bits per heavy atom. The van der Waals surface area contributed by atoms with Crippen LogP contribution in [-0.4, -0.2) is 23.6 Å². The lowest BCUT2D eigenvalue weighted by atomic mass is 9.70. The molecule has 3 N–H and O–H groups in total. The molecule has 0 aromatic heterocycles. The second-order valence-electron chi connectivity index (χ2n) is 5.60. The minimum atomic E-state index is -0.0380. The third kappa shape index (κ3) is 2.63. The topological polar surface area (TPSA) is 38.0 Å². The predicted molar refractivity (Wildman–Crippen MR) is 82.6 cm³/mol. The van der Waals surface area contributed by atoms with Crippen LogP contribution in [0.3, 0.4) is 0 Å². The van der Waals surface area contributed by atoms with Crippen LogP contribution in [0.2, 0.25) is 5.02 Å². The first-order chi connectivity index (χ1) is 8.49. The Labute approximate surface area is 119 Å². The second kappa shape index (κ2) is 5.32. The molecule has 1 saturated heterocycles. The highest BCUT2D eigenvalue weighted by molar-refractivity contribution is 7.99. The Kier molecular flexibility index (Phi) is 4.15. The van der Waals surface area contributed by atoms with Crippen LogP contribution in [-0.2, 0) is 0 Å². The number of nitrogens with two attached hydrogens (primary N) is 1. The molecular formula is C14H21ClN2S. The highest BCUT2D eigenvalue weighted by atomic mass is 35.5. The van der Waals surface area contributed by atoms with E-state index in [2.05, 4.69) is 19.2 Å². The number of hydrogen-bond donors (Lipinski definition) is 2. The van der Waals surface area contributed by atoms with Gasteiger partial charge < -0.3 is 11.1 Å². The fourth-order valence-corrected chi connectivity index (χ4v) is 4.26. The average molecular weight is 285 g/mol. The smallest absolute Gasteiger partial charge is 0.0636 e. The summed E-state index contributed by atoms with van der Waals surface area (Å²) in [5, 5.41) is 4.42. The third-order valence-corrected chi connectivity index (χ3v) is 5.53. The molecule has 0 spiro atoms. The van der Waals surface area contributed by atoms with Gasteiger partial charge in [-0.25, -0.2) is 0 Å². The fourth-order valence-electron chi connectivity index (χ4n) is 2.41. The van der Waals surface area contributed by atoms with Crippen molar-refractivity contribution in [2.24, 2.45) is 11.1 Å². The highest BCUT2D eigenvalue weighted by Crippen LogP contribution is 2.43. The van der Waals surface area contributed by atoms with Crippen LogP contribution in [0, 0.1) is 5.41 Å². The van der Waals surface area contributed by atoms with Gasteiger partial charge in [0.2, 0.25) is 0 Å². The lowest BCUT2D eigenvalue weighted by Gasteiger charge is -2.50. The second-order valence-corrected chi connectivity index (χ2v) is 7.15. The molecule has 1 fully saturated rings. The zero-order valence-electron chi connectivity index (χ0n) is 11.0. The average Bonchev–Trinajstić information content (AvgIpc) is 2.34. The Balaban J connectivity index is 2.24. The molecule has 2 nitrogen and oxygen atoms in total. The molecule has 0 radical (unpaired) electrons. The first-order valence-corrected chi connectivity index (χ1v) is 7.84. The monoisotopic (exact) mass is 284 g/mol. The summed E-state index contributed by atoms with van der Waals surface area (Å²) < 4.78 is 0. The zero-order chi connectivity index (χ0) is 13.2. The van der Waals surface area contributed by atoms with E-state index < -0.39 is 0 Å². The Morgan fingerprint density at radius 2 is 2.00 bits per heavy atom. The fraction of sp³-hybridized carbons (Fsp3) is 0.571. The number of halogens is 1. The van der Waals surface area contributed by atoms with E-state index in [1.54, 1.807) is 0 Å². The molecule has 0 bridgehead atoms. The van der Waals surface area contributed by atoms with Crippen molar-refractivity contribution in [3.63, 3.8) is 0 Å². The Bertz CT molecular complexity index is 405. The van der Waals surface area contributed by atoms with E-state index in [-0.39, 0.29) is 11.0 Å². The Morgan fingerprint density at radius 1 is 1.33 bits per heavy atom. The lowest BCUT2D eigenvalue weighted by Crippen LogP contribution is -2.60. The molecule has 1 unspecified atom stereocenters. The Hall–Kier alpha value is -0.380. The SMILES string of the molecule is CC1(C)CCSCC1(CN)Nc1ccc(Cl)cc1. The summed E-state index contributed by atoms with van der Waals surface area (Å²) in [5.74, 6) is 2.27. The molecule has 0 saturated carbocycles. The quantitative estimate of drug-likeness (QED) is 0.890. The number of anilines is 1. The summed E-state index contributed by atoms with van der Waals surface area (Å²) in [6.07, 6.45) is 1.19. The number of thioether (sulfide) groups is 1. The molecule has 18 heavy (non-hydrogen) atoms. The van der Waals surface area contributed by atoms with E-state index in [1.165, 1.54) is 12.2 Å². The summed E-state index contributed by atoms with van der Waals surface area (Å²) in [4.78, 5) is 0. The minimum absolute atomic E-state index is 0.0380. The van der Waals surface area contributed by atoms with Gasteiger partial charge in [0, 0.05) is 23.0 Å². The molecule has 1 heterocycles. The molecule has 1 aliphatic rings. The van der Waals surface area contributed by atoms with E-state index in [4.69, 9.17) is 17.3 Å². The lowest BCUT2D eigenvalue weighted by molar-refractivity contribution is 0.203. The van der Waals surface area contributed by atoms with Crippen molar-refractivity contribution in [2.75, 3.05) is 23.4 Å². The molecule has 1 aromatic rings. The molecule has 0 aliphatic carbocycles.